The summed E-state index contributed by atoms with van der Waals surface area (Å²) >= 11 is 0. The molecule has 0 aliphatic carbocycles. The Kier molecular flexibility index (Phi) is 2.08. The minimum atomic E-state index is -3.83. The van der Waals surface area contributed by atoms with Crippen LogP contribution in [0.1, 0.15) is 0 Å². The van der Waals surface area contributed by atoms with Crippen molar-refractivity contribution in [2.24, 2.45) is 0 Å². The number of hydrogen-bond donors (Lipinski definition) is 1. The van der Waals surface area contributed by atoms with Crippen molar-refractivity contribution in [1.82, 2.24) is 8.96 Å². The Hall–Kier alpha value is -1.44. The van der Waals surface area contributed by atoms with E-state index in [0.29, 0.717) is 6.20 Å². The zero-order valence-electron chi connectivity index (χ0n) is 6.56. The molecule has 0 bridgehead atoms. The van der Waals surface area contributed by atoms with Crippen molar-refractivity contribution < 1.29 is 12.8 Å². The van der Waals surface area contributed by atoms with Crippen molar-refractivity contribution in [3.8, 4) is 0 Å². The van der Waals surface area contributed by atoms with Gasteiger partial charge in [0, 0.05) is 0 Å². The first-order valence-electron chi connectivity index (χ1n) is 3.07. The van der Waals surface area contributed by atoms with E-state index in [9.17, 15) is 17.6 Å². The SMILES string of the molecule is CS(=O)(=O)n1cc(F)c(N)nc1=O. The second-order valence-corrected chi connectivity index (χ2v) is 4.17. The third kappa shape index (κ3) is 1.83. The van der Waals surface area contributed by atoms with Crippen LogP contribution >= 0.6 is 0 Å². The van der Waals surface area contributed by atoms with E-state index in [4.69, 9.17) is 5.73 Å². The Morgan fingerprint density at radius 2 is 2.15 bits per heavy atom. The minimum absolute atomic E-state index is 0.179. The molecule has 0 radical (unpaired) electrons. The molecular formula is C5H6FN3O3S. The summed E-state index contributed by atoms with van der Waals surface area (Å²) in [6, 6.07) is 0. The van der Waals surface area contributed by atoms with Crippen LogP contribution in [0.4, 0.5) is 10.2 Å². The molecule has 0 aliphatic rings. The van der Waals surface area contributed by atoms with Gasteiger partial charge in [-0.2, -0.15) is 8.96 Å². The van der Waals surface area contributed by atoms with Gasteiger partial charge in [-0.3, -0.25) is 0 Å². The average Bonchev–Trinajstić information content (AvgIpc) is 1.94. The lowest BCUT2D eigenvalue weighted by molar-refractivity contribution is 0.577. The van der Waals surface area contributed by atoms with Gasteiger partial charge in [0.1, 0.15) is 0 Å². The number of nitrogens with zero attached hydrogens (tertiary/aromatic N) is 2. The summed E-state index contributed by atoms with van der Waals surface area (Å²) in [4.78, 5) is 13.8. The first-order valence-corrected chi connectivity index (χ1v) is 4.92. The summed E-state index contributed by atoms with van der Waals surface area (Å²) in [5, 5.41) is 0. The van der Waals surface area contributed by atoms with Gasteiger partial charge in [0.25, 0.3) is 0 Å². The quantitative estimate of drug-likeness (QED) is 0.622. The smallest absolute Gasteiger partial charge is 0.363 e. The van der Waals surface area contributed by atoms with E-state index in [1.807, 2.05) is 0 Å². The van der Waals surface area contributed by atoms with Crippen LogP contribution in [0, 0.1) is 5.82 Å². The van der Waals surface area contributed by atoms with E-state index in [0.717, 1.165) is 6.26 Å². The van der Waals surface area contributed by atoms with E-state index in [1.165, 1.54) is 0 Å². The largest absolute Gasteiger partial charge is 0.381 e. The first kappa shape index (κ1) is 9.65. The molecule has 13 heavy (non-hydrogen) atoms. The fraction of sp³-hybridized carbons (Fsp3) is 0.200. The van der Waals surface area contributed by atoms with Gasteiger partial charge in [-0.1, -0.05) is 0 Å². The van der Waals surface area contributed by atoms with Gasteiger partial charge in [0.2, 0.25) is 10.0 Å². The van der Waals surface area contributed by atoms with Crippen molar-refractivity contribution in [2.45, 2.75) is 0 Å². The second-order valence-electron chi connectivity index (χ2n) is 2.32. The molecule has 1 heterocycles. The zero-order valence-corrected chi connectivity index (χ0v) is 7.38. The van der Waals surface area contributed by atoms with Gasteiger partial charge in [0.15, 0.2) is 11.6 Å². The minimum Gasteiger partial charge on any atom is -0.381 e. The van der Waals surface area contributed by atoms with Crippen molar-refractivity contribution in [2.75, 3.05) is 12.0 Å². The number of anilines is 1. The molecule has 2 N–H and O–H groups in total. The molecule has 6 nitrogen and oxygen atoms in total. The summed E-state index contributed by atoms with van der Waals surface area (Å²) in [6.45, 7) is 0. The average molecular weight is 207 g/mol. The standard InChI is InChI=1S/C5H6FN3O3S/c1-13(11,12)9-2-3(6)4(7)8-5(9)10/h2H,1H3,(H2,7,8,10). The molecule has 0 saturated heterocycles. The number of rotatable bonds is 1. The van der Waals surface area contributed by atoms with E-state index in [2.05, 4.69) is 4.98 Å². The molecule has 0 aromatic carbocycles. The number of aromatic nitrogens is 2. The maximum atomic E-state index is 12.7. The molecule has 1 aromatic rings. The van der Waals surface area contributed by atoms with E-state index in [1.54, 1.807) is 0 Å². The predicted octanol–water partition coefficient (Wildman–Crippen LogP) is -1.23. The number of halogens is 1. The molecular weight excluding hydrogens is 201 g/mol. The maximum absolute atomic E-state index is 12.7. The lowest BCUT2D eigenvalue weighted by Crippen LogP contribution is -2.29. The maximum Gasteiger partial charge on any atom is 0.363 e. The predicted molar refractivity (Wildman–Crippen MR) is 43.1 cm³/mol. The van der Waals surface area contributed by atoms with Crippen LogP contribution in [0.3, 0.4) is 0 Å². The van der Waals surface area contributed by atoms with Crippen molar-refractivity contribution >= 4 is 15.8 Å². The zero-order chi connectivity index (χ0) is 10.2. The van der Waals surface area contributed by atoms with E-state index in [-0.39, 0.29) is 3.97 Å². The number of nitrogen functional groups attached to an aromatic ring is 1. The molecule has 1 aromatic heterocycles. The molecule has 0 atom stereocenters. The van der Waals surface area contributed by atoms with Crippen LogP contribution < -0.4 is 11.4 Å². The van der Waals surface area contributed by atoms with Gasteiger partial charge in [0.05, 0.1) is 12.5 Å². The third-order valence-electron chi connectivity index (χ3n) is 1.24. The lowest BCUT2D eigenvalue weighted by Gasteiger charge is -2.01. The van der Waals surface area contributed by atoms with Gasteiger partial charge < -0.3 is 5.73 Å². The van der Waals surface area contributed by atoms with E-state index < -0.39 is 27.3 Å². The normalized spacial score (nSPS) is 11.5. The highest BCUT2D eigenvalue weighted by atomic mass is 32.2. The monoisotopic (exact) mass is 207 g/mol. The summed E-state index contributed by atoms with van der Waals surface area (Å²) in [6.07, 6.45) is 1.24. The molecule has 0 fully saturated rings. The number of hydrogen-bond acceptors (Lipinski definition) is 5. The van der Waals surface area contributed by atoms with Gasteiger partial charge in [-0.15, -0.1) is 0 Å². The summed E-state index contributed by atoms with van der Waals surface area (Å²) < 4.78 is 34.5. The van der Waals surface area contributed by atoms with Gasteiger partial charge >= 0.3 is 5.69 Å². The van der Waals surface area contributed by atoms with Crippen molar-refractivity contribution in [3.63, 3.8) is 0 Å². The van der Waals surface area contributed by atoms with Crippen molar-refractivity contribution in [3.05, 3.63) is 22.5 Å². The van der Waals surface area contributed by atoms with Crippen LogP contribution in [0.25, 0.3) is 0 Å². The second kappa shape index (κ2) is 2.80. The fourth-order valence-corrected chi connectivity index (χ4v) is 1.28. The summed E-state index contributed by atoms with van der Waals surface area (Å²) in [7, 11) is -3.83. The highest BCUT2D eigenvalue weighted by Gasteiger charge is 2.12. The highest BCUT2D eigenvalue weighted by Crippen LogP contribution is 2.01. The third-order valence-corrected chi connectivity index (χ3v) is 2.21. The van der Waals surface area contributed by atoms with E-state index >= 15 is 0 Å². The topological polar surface area (TPSA) is 95.1 Å². The Balaban J connectivity index is 3.60. The van der Waals surface area contributed by atoms with Crippen LogP contribution in [-0.2, 0) is 10.0 Å². The molecule has 0 spiro atoms. The molecule has 0 aliphatic heterocycles. The molecule has 1 rings (SSSR count). The lowest BCUT2D eigenvalue weighted by atomic mass is 10.6. The first-order chi connectivity index (χ1) is 5.82. The Morgan fingerprint density at radius 1 is 1.62 bits per heavy atom. The Bertz CT molecular complexity index is 492. The van der Waals surface area contributed by atoms with Gasteiger partial charge in [-0.25, -0.2) is 17.6 Å². The Labute approximate surface area is 72.9 Å². The van der Waals surface area contributed by atoms with Crippen LogP contribution in [0.2, 0.25) is 0 Å². The van der Waals surface area contributed by atoms with Crippen LogP contribution in [0.5, 0.6) is 0 Å². The number of nitrogens with two attached hydrogens (primary N) is 1. The molecule has 72 valence electrons. The molecule has 0 amide bonds. The highest BCUT2D eigenvalue weighted by molar-refractivity contribution is 7.89. The van der Waals surface area contributed by atoms with Crippen LogP contribution in [0.15, 0.2) is 11.0 Å². The summed E-state index contributed by atoms with van der Waals surface area (Å²) in [5.74, 6) is -1.67. The Morgan fingerprint density at radius 3 is 2.62 bits per heavy atom. The van der Waals surface area contributed by atoms with Crippen molar-refractivity contribution in [1.29, 1.82) is 0 Å². The molecule has 0 unspecified atom stereocenters. The van der Waals surface area contributed by atoms with Gasteiger partial charge in [-0.05, 0) is 0 Å². The summed E-state index contributed by atoms with van der Waals surface area (Å²) in [5.41, 5.74) is 3.81. The molecule has 8 heteroatoms. The molecule has 0 saturated carbocycles. The fourth-order valence-electron chi connectivity index (χ4n) is 0.668. The van der Waals surface area contributed by atoms with Crippen LogP contribution in [-0.4, -0.2) is 23.6 Å².